The molecule has 40 heavy (non-hydrogen) atoms. The van der Waals surface area contributed by atoms with Gasteiger partial charge in [0.25, 0.3) is 0 Å². The summed E-state index contributed by atoms with van der Waals surface area (Å²) < 4.78 is 21.0. The number of hydrogen-bond acceptors (Lipinski definition) is 9. The smallest absolute Gasteiger partial charge is 0.338 e. The first-order valence-electron chi connectivity index (χ1n) is 11.7. The molecule has 0 atom stereocenters. The Morgan fingerprint density at radius 2 is 0.925 bits per heavy atom. The molecule has 9 heteroatoms. The number of ketones is 1. The molecule has 0 aromatic heterocycles. The normalized spacial score (nSPS) is 10.3. The summed E-state index contributed by atoms with van der Waals surface area (Å²) in [5, 5.41) is 0. The van der Waals surface area contributed by atoms with Crippen molar-refractivity contribution in [2.24, 2.45) is 0 Å². The summed E-state index contributed by atoms with van der Waals surface area (Å²) in [6, 6.07) is 8.25. The summed E-state index contributed by atoms with van der Waals surface area (Å²) in [5.41, 5.74) is 1.00. The molecule has 0 saturated carbocycles. The van der Waals surface area contributed by atoms with Crippen LogP contribution in [-0.2, 0) is 19.2 Å². The molecule has 0 aliphatic rings. The van der Waals surface area contributed by atoms with Gasteiger partial charge in [0.2, 0.25) is 0 Å². The van der Waals surface area contributed by atoms with Crippen molar-refractivity contribution in [3.05, 3.63) is 102 Å². The van der Waals surface area contributed by atoms with Gasteiger partial charge in [-0.1, -0.05) is 38.5 Å². The van der Waals surface area contributed by atoms with Gasteiger partial charge in [0.15, 0.2) is 28.8 Å². The van der Waals surface area contributed by atoms with Crippen molar-refractivity contribution in [3.63, 3.8) is 0 Å². The topological polar surface area (TPSA) is 122 Å². The van der Waals surface area contributed by atoms with E-state index in [2.05, 4.69) is 26.3 Å². The van der Waals surface area contributed by atoms with Gasteiger partial charge in [0, 0.05) is 27.9 Å². The third kappa shape index (κ3) is 8.63. The number of carbonyl (C=O) groups is 5. The number of ether oxygens (including phenoxy) is 4. The van der Waals surface area contributed by atoms with E-state index in [1.54, 1.807) is 0 Å². The van der Waals surface area contributed by atoms with Gasteiger partial charge in [-0.3, -0.25) is 4.79 Å². The van der Waals surface area contributed by atoms with Gasteiger partial charge in [-0.2, -0.15) is 0 Å². The SMILES string of the molecule is C=C(C)C(=O)Oc1ccc(C=CC(=O)c2ccc(OC(=O)C(=C)C)c(OC(=O)C(=C)C)c2)cc1OC(=O)C(=C)C. The first-order chi connectivity index (χ1) is 18.7. The molecule has 0 N–H and O–H groups in total. The largest absolute Gasteiger partial charge is 0.419 e. The Bertz CT molecular complexity index is 1490. The number of allylic oxidation sites excluding steroid dienone is 1. The van der Waals surface area contributed by atoms with Crippen LogP contribution in [0.1, 0.15) is 43.6 Å². The Kier molecular flexibility index (Phi) is 10.4. The molecular formula is C31H28O9. The first-order valence-corrected chi connectivity index (χ1v) is 11.7. The average Bonchev–Trinajstić information content (AvgIpc) is 2.88. The lowest BCUT2D eigenvalue weighted by molar-refractivity contribution is -0.132. The summed E-state index contributed by atoms with van der Waals surface area (Å²) in [7, 11) is 0. The summed E-state index contributed by atoms with van der Waals surface area (Å²) >= 11 is 0. The predicted octanol–water partition coefficient (Wildman–Crippen LogP) is 5.51. The number of carbonyl (C=O) groups excluding carboxylic acids is 5. The maximum atomic E-state index is 12.9. The van der Waals surface area contributed by atoms with Crippen LogP contribution in [0.2, 0.25) is 0 Å². The molecule has 9 nitrogen and oxygen atoms in total. The van der Waals surface area contributed by atoms with Crippen molar-refractivity contribution >= 4 is 35.7 Å². The van der Waals surface area contributed by atoms with Gasteiger partial charge >= 0.3 is 23.9 Å². The van der Waals surface area contributed by atoms with E-state index < -0.39 is 29.7 Å². The fourth-order valence-corrected chi connectivity index (χ4v) is 2.63. The lowest BCUT2D eigenvalue weighted by Gasteiger charge is -2.12. The Morgan fingerprint density at radius 1 is 0.550 bits per heavy atom. The van der Waals surface area contributed by atoms with Gasteiger partial charge in [-0.05, 0) is 69.7 Å². The fourth-order valence-electron chi connectivity index (χ4n) is 2.63. The zero-order valence-corrected chi connectivity index (χ0v) is 22.6. The molecule has 2 rings (SSSR count). The zero-order chi connectivity index (χ0) is 30.1. The van der Waals surface area contributed by atoms with Crippen LogP contribution in [-0.4, -0.2) is 29.7 Å². The molecule has 0 amide bonds. The highest BCUT2D eigenvalue weighted by Gasteiger charge is 2.18. The molecule has 0 aliphatic carbocycles. The van der Waals surface area contributed by atoms with Gasteiger partial charge < -0.3 is 18.9 Å². The van der Waals surface area contributed by atoms with Crippen LogP contribution in [0, 0.1) is 0 Å². The lowest BCUT2D eigenvalue weighted by atomic mass is 10.1. The second-order valence-corrected chi connectivity index (χ2v) is 8.74. The number of rotatable bonds is 11. The Labute approximate surface area is 231 Å². The molecule has 0 unspecified atom stereocenters. The summed E-state index contributed by atoms with van der Waals surface area (Å²) in [4.78, 5) is 61.1. The Morgan fingerprint density at radius 3 is 1.35 bits per heavy atom. The minimum atomic E-state index is -0.781. The average molecular weight is 545 g/mol. The van der Waals surface area contributed by atoms with E-state index in [1.165, 1.54) is 76.2 Å². The van der Waals surface area contributed by atoms with Gasteiger partial charge in [0.1, 0.15) is 0 Å². The molecule has 0 aliphatic heterocycles. The third-order valence-electron chi connectivity index (χ3n) is 4.83. The Balaban J connectivity index is 2.40. The first kappa shape index (κ1) is 30.9. The number of hydrogen-bond donors (Lipinski definition) is 0. The predicted molar refractivity (Wildman–Crippen MR) is 148 cm³/mol. The zero-order valence-electron chi connectivity index (χ0n) is 22.6. The van der Waals surface area contributed by atoms with Crippen LogP contribution in [0.25, 0.3) is 6.08 Å². The number of benzene rings is 2. The van der Waals surface area contributed by atoms with E-state index in [9.17, 15) is 24.0 Å². The van der Waals surface area contributed by atoms with Crippen LogP contribution >= 0.6 is 0 Å². The quantitative estimate of drug-likeness (QED) is 0.156. The highest BCUT2D eigenvalue weighted by molar-refractivity contribution is 6.07. The molecule has 0 fully saturated rings. The number of esters is 4. The molecule has 0 heterocycles. The van der Waals surface area contributed by atoms with Crippen LogP contribution in [0.3, 0.4) is 0 Å². The van der Waals surface area contributed by atoms with Crippen molar-refractivity contribution in [2.45, 2.75) is 27.7 Å². The lowest BCUT2D eigenvalue weighted by Crippen LogP contribution is -2.13. The molecule has 0 saturated heterocycles. The van der Waals surface area contributed by atoms with E-state index in [1.807, 2.05) is 0 Å². The molecule has 0 radical (unpaired) electrons. The van der Waals surface area contributed by atoms with E-state index >= 15 is 0 Å². The maximum Gasteiger partial charge on any atom is 0.338 e. The minimum absolute atomic E-state index is 0.0325. The van der Waals surface area contributed by atoms with Gasteiger partial charge in [-0.25, -0.2) is 19.2 Å². The van der Waals surface area contributed by atoms with Crippen molar-refractivity contribution < 1.29 is 42.9 Å². The van der Waals surface area contributed by atoms with Crippen LogP contribution < -0.4 is 18.9 Å². The van der Waals surface area contributed by atoms with E-state index in [4.69, 9.17) is 18.9 Å². The van der Waals surface area contributed by atoms with Crippen molar-refractivity contribution in [1.82, 2.24) is 0 Å². The van der Waals surface area contributed by atoms with Crippen molar-refractivity contribution in [1.29, 1.82) is 0 Å². The van der Waals surface area contributed by atoms with Crippen LogP contribution in [0.4, 0.5) is 0 Å². The monoisotopic (exact) mass is 544 g/mol. The Hall–Kier alpha value is -5.31. The minimum Gasteiger partial charge on any atom is -0.419 e. The van der Waals surface area contributed by atoms with Crippen molar-refractivity contribution in [3.8, 4) is 23.0 Å². The highest BCUT2D eigenvalue weighted by atomic mass is 16.6. The van der Waals surface area contributed by atoms with E-state index in [-0.39, 0.29) is 50.9 Å². The standard InChI is InChI=1S/C31H28O9/c1-17(2)28(33)37-24-13-10-21(15-26(24)39-30(35)19(5)6)9-12-23(32)22-11-14-25(38-29(34)18(3)4)27(16-22)40-31(36)20(7)8/h9-16H,1,3,5,7H2,2,4,6,8H3. The van der Waals surface area contributed by atoms with Crippen LogP contribution in [0.5, 0.6) is 23.0 Å². The summed E-state index contributed by atoms with van der Waals surface area (Å²) in [5.74, 6) is -3.84. The summed E-state index contributed by atoms with van der Waals surface area (Å²) in [6.07, 6.45) is 2.65. The van der Waals surface area contributed by atoms with Crippen LogP contribution in [0.15, 0.2) is 91.1 Å². The highest BCUT2D eigenvalue weighted by Crippen LogP contribution is 2.32. The molecule has 206 valence electrons. The molecular weight excluding hydrogens is 516 g/mol. The second kappa shape index (κ2) is 13.5. The van der Waals surface area contributed by atoms with E-state index in [0.29, 0.717) is 5.56 Å². The van der Waals surface area contributed by atoms with E-state index in [0.717, 1.165) is 0 Å². The molecule has 2 aromatic carbocycles. The summed E-state index contributed by atoms with van der Waals surface area (Å²) in [6.45, 7) is 19.9. The van der Waals surface area contributed by atoms with Gasteiger partial charge in [-0.15, -0.1) is 0 Å². The van der Waals surface area contributed by atoms with Gasteiger partial charge in [0.05, 0.1) is 0 Å². The van der Waals surface area contributed by atoms with Crippen molar-refractivity contribution in [2.75, 3.05) is 0 Å². The fraction of sp³-hybridized carbons (Fsp3) is 0.129. The third-order valence-corrected chi connectivity index (χ3v) is 4.83. The molecule has 2 aromatic rings. The molecule has 0 spiro atoms. The molecule has 0 bridgehead atoms. The second-order valence-electron chi connectivity index (χ2n) is 8.74. The maximum absolute atomic E-state index is 12.9.